The lowest BCUT2D eigenvalue weighted by Crippen LogP contribution is -2.26. The summed E-state index contributed by atoms with van der Waals surface area (Å²) >= 11 is 12.1. The van der Waals surface area contributed by atoms with Crippen molar-refractivity contribution in [2.24, 2.45) is 5.92 Å². The fourth-order valence-electron chi connectivity index (χ4n) is 3.15. The number of halogens is 2. The molecule has 0 aliphatic carbocycles. The number of rotatable bonds is 3. The molecule has 0 unspecified atom stereocenters. The molecule has 1 fully saturated rings. The van der Waals surface area contributed by atoms with Crippen molar-refractivity contribution >= 4 is 51.9 Å². The number of anilines is 1. The Kier molecular flexibility index (Phi) is 4.53. The fourth-order valence-corrected chi connectivity index (χ4v) is 3.67. The van der Waals surface area contributed by atoms with Gasteiger partial charge in [0.25, 0.3) is 0 Å². The van der Waals surface area contributed by atoms with Gasteiger partial charge in [-0.05, 0) is 36.4 Å². The monoisotopic (exact) mass is 404 g/mol. The highest BCUT2D eigenvalue weighted by Crippen LogP contribution is 2.33. The van der Waals surface area contributed by atoms with Crippen LogP contribution in [0.5, 0.6) is 0 Å². The van der Waals surface area contributed by atoms with E-state index in [2.05, 4.69) is 4.98 Å². The second kappa shape index (κ2) is 6.87. The maximum absolute atomic E-state index is 12.2. The van der Waals surface area contributed by atoms with Crippen LogP contribution in [-0.4, -0.2) is 30.5 Å². The van der Waals surface area contributed by atoms with Crippen LogP contribution < -0.4 is 4.90 Å². The molecule has 27 heavy (non-hydrogen) atoms. The normalized spacial score (nSPS) is 16.9. The molecule has 1 aromatic heterocycles. The van der Waals surface area contributed by atoms with E-state index in [1.165, 1.54) is 7.11 Å². The highest BCUT2D eigenvalue weighted by molar-refractivity contribution is 6.38. The van der Waals surface area contributed by atoms with Crippen molar-refractivity contribution in [2.75, 3.05) is 18.6 Å². The van der Waals surface area contributed by atoms with E-state index in [4.69, 9.17) is 32.4 Å². The summed E-state index contributed by atoms with van der Waals surface area (Å²) in [6.07, 6.45) is 0.152. The average molecular weight is 405 g/mol. The van der Waals surface area contributed by atoms with Crippen molar-refractivity contribution in [2.45, 2.75) is 6.42 Å². The summed E-state index contributed by atoms with van der Waals surface area (Å²) in [5.41, 5.74) is 2.48. The molecule has 138 valence electrons. The minimum Gasteiger partial charge on any atom is -0.469 e. The van der Waals surface area contributed by atoms with Crippen LogP contribution in [0.1, 0.15) is 6.42 Å². The number of carbonyl (C=O) groups is 2. The summed E-state index contributed by atoms with van der Waals surface area (Å²) < 4.78 is 10.5. The van der Waals surface area contributed by atoms with Gasteiger partial charge in [0.2, 0.25) is 11.8 Å². The van der Waals surface area contributed by atoms with Crippen molar-refractivity contribution in [3.05, 3.63) is 46.4 Å². The zero-order valence-electron chi connectivity index (χ0n) is 14.2. The second-order valence-corrected chi connectivity index (χ2v) is 7.07. The Morgan fingerprint density at radius 1 is 1.26 bits per heavy atom. The van der Waals surface area contributed by atoms with Crippen molar-refractivity contribution in [3.63, 3.8) is 0 Å². The van der Waals surface area contributed by atoms with Gasteiger partial charge in [0.05, 0.1) is 18.1 Å². The quantitative estimate of drug-likeness (QED) is 0.607. The first-order valence-corrected chi connectivity index (χ1v) is 8.96. The average Bonchev–Trinajstić information content (AvgIpc) is 3.25. The lowest BCUT2D eigenvalue weighted by molar-refractivity contribution is -0.145. The van der Waals surface area contributed by atoms with Gasteiger partial charge >= 0.3 is 5.97 Å². The molecule has 0 bridgehead atoms. The fraction of sp³-hybridized carbons (Fsp3) is 0.211. The predicted octanol–water partition coefficient (Wildman–Crippen LogP) is 4.33. The van der Waals surface area contributed by atoms with Gasteiger partial charge in [-0.1, -0.05) is 23.2 Å². The van der Waals surface area contributed by atoms with Gasteiger partial charge in [0.15, 0.2) is 5.58 Å². The van der Waals surface area contributed by atoms with Crippen LogP contribution in [0.2, 0.25) is 10.0 Å². The zero-order chi connectivity index (χ0) is 19.1. The number of methoxy groups -OCH3 is 1. The Morgan fingerprint density at radius 3 is 2.70 bits per heavy atom. The molecule has 1 aliphatic heterocycles. The summed E-state index contributed by atoms with van der Waals surface area (Å²) in [4.78, 5) is 29.9. The smallest absolute Gasteiger partial charge is 0.311 e. The number of nitrogens with zero attached hydrogens (tertiary/aromatic N) is 2. The van der Waals surface area contributed by atoms with Crippen LogP contribution in [-0.2, 0) is 14.3 Å². The summed E-state index contributed by atoms with van der Waals surface area (Å²) in [6, 6.07) is 10.5. The largest absolute Gasteiger partial charge is 0.469 e. The second-order valence-electron chi connectivity index (χ2n) is 6.23. The number of hydrogen-bond acceptors (Lipinski definition) is 5. The SMILES string of the molecule is COC(=O)[C@H]1CC(=O)N(c2ccc(-c3nc4cc(Cl)cc(Cl)c4o3)cc2)C1. The summed E-state index contributed by atoms with van der Waals surface area (Å²) in [5.74, 6) is -0.516. The Labute approximate surface area is 164 Å². The number of ether oxygens (including phenoxy) is 1. The molecule has 1 aliphatic rings. The zero-order valence-corrected chi connectivity index (χ0v) is 15.8. The number of carbonyl (C=O) groups excluding carboxylic acids is 2. The number of hydrogen-bond donors (Lipinski definition) is 0. The molecule has 3 aromatic rings. The summed E-state index contributed by atoms with van der Waals surface area (Å²) in [5, 5.41) is 0.875. The van der Waals surface area contributed by atoms with Gasteiger partial charge in [-0.25, -0.2) is 4.98 Å². The number of oxazole rings is 1. The summed E-state index contributed by atoms with van der Waals surface area (Å²) in [7, 11) is 1.32. The maximum Gasteiger partial charge on any atom is 0.311 e. The van der Waals surface area contributed by atoms with E-state index in [0.717, 1.165) is 5.56 Å². The number of fused-ring (bicyclic) bond motifs is 1. The first-order chi connectivity index (χ1) is 13.0. The number of esters is 1. The Hall–Kier alpha value is -2.57. The lowest BCUT2D eigenvalue weighted by atomic mass is 10.1. The highest BCUT2D eigenvalue weighted by atomic mass is 35.5. The van der Waals surface area contributed by atoms with Crippen LogP contribution in [0, 0.1) is 5.92 Å². The minimum atomic E-state index is -0.439. The Morgan fingerprint density at radius 2 is 2.00 bits per heavy atom. The molecule has 0 radical (unpaired) electrons. The van der Waals surface area contributed by atoms with Crippen LogP contribution >= 0.6 is 23.2 Å². The number of benzene rings is 2. The molecule has 1 amide bonds. The molecule has 0 spiro atoms. The first-order valence-electron chi connectivity index (χ1n) is 8.20. The van der Waals surface area contributed by atoms with Crippen LogP contribution in [0.25, 0.3) is 22.6 Å². The minimum absolute atomic E-state index is 0.110. The van der Waals surface area contributed by atoms with E-state index < -0.39 is 5.92 Å². The predicted molar refractivity (Wildman–Crippen MR) is 102 cm³/mol. The molecule has 1 atom stereocenters. The topological polar surface area (TPSA) is 72.6 Å². The van der Waals surface area contributed by atoms with Crippen LogP contribution in [0.3, 0.4) is 0 Å². The standard InChI is InChI=1S/C19H14Cl2N2O4/c1-26-19(25)11-6-16(24)23(9-11)13-4-2-10(3-5-13)18-22-15-8-12(20)7-14(21)17(15)27-18/h2-5,7-8,11H,6,9H2,1H3/t11-/m0/s1. The molecule has 0 N–H and O–H groups in total. The van der Waals surface area contributed by atoms with E-state index in [0.29, 0.717) is 39.3 Å². The molecule has 2 aromatic carbocycles. The molecule has 0 saturated carbocycles. The van der Waals surface area contributed by atoms with E-state index >= 15 is 0 Å². The third kappa shape index (κ3) is 3.26. The third-order valence-corrected chi connectivity index (χ3v) is 4.99. The van der Waals surface area contributed by atoms with Crippen molar-refractivity contribution in [1.82, 2.24) is 4.98 Å². The van der Waals surface area contributed by atoms with E-state index in [-0.39, 0.29) is 18.3 Å². The molecule has 1 saturated heterocycles. The molecule has 8 heteroatoms. The number of aromatic nitrogens is 1. The van der Waals surface area contributed by atoms with E-state index in [9.17, 15) is 9.59 Å². The van der Waals surface area contributed by atoms with Crippen LogP contribution in [0.15, 0.2) is 40.8 Å². The van der Waals surface area contributed by atoms with E-state index in [1.807, 2.05) is 0 Å². The first kappa shape index (κ1) is 17.8. The van der Waals surface area contributed by atoms with E-state index in [1.54, 1.807) is 41.3 Å². The van der Waals surface area contributed by atoms with Crippen LogP contribution in [0.4, 0.5) is 5.69 Å². The Balaban J connectivity index is 1.60. The van der Waals surface area contributed by atoms with Crippen molar-refractivity contribution < 1.29 is 18.7 Å². The van der Waals surface area contributed by atoms with Gasteiger partial charge in [0.1, 0.15) is 5.52 Å². The van der Waals surface area contributed by atoms with Gasteiger partial charge in [-0.2, -0.15) is 0 Å². The molecule has 2 heterocycles. The van der Waals surface area contributed by atoms with Crippen molar-refractivity contribution in [1.29, 1.82) is 0 Å². The molecule has 6 nitrogen and oxygen atoms in total. The lowest BCUT2D eigenvalue weighted by Gasteiger charge is -2.16. The number of amides is 1. The molecular formula is C19H14Cl2N2O4. The van der Waals surface area contributed by atoms with Crippen molar-refractivity contribution in [3.8, 4) is 11.5 Å². The van der Waals surface area contributed by atoms with Gasteiger partial charge < -0.3 is 14.1 Å². The van der Waals surface area contributed by atoms with Gasteiger partial charge in [0, 0.05) is 29.2 Å². The highest BCUT2D eigenvalue weighted by Gasteiger charge is 2.35. The molecule has 4 rings (SSSR count). The van der Waals surface area contributed by atoms with Gasteiger partial charge in [-0.15, -0.1) is 0 Å². The Bertz CT molecular complexity index is 1050. The summed E-state index contributed by atoms with van der Waals surface area (Å²) in [6.45, 7) is 0.307. The maximum atomic E-state index is 12.2. The molecular weight excluding hydrogens is 391 g/mol. The third-order valence-electron chi connectivity index (χ3n) is 4.49. The van der Waals surface area contributed by atoms with Gasteiger partial charge in [-0.3, -0.25) is 9.59 Å².